The third-order valence-electron chi connectivity index (χ3n) is 6.58. The Morgan fingerprint density at radius 1 is 1.26 bits per heavy atom. The Bertz CT molecular complexity index is 1480. The van der Waals surface area contributed by atoms with Crippen molar-refractivity contribution >= 4 is 27.8 Å². The molecule has 1 unspecified atom stereocenters. The van der Waals surface area contributed by atoms with Crippen molar-refractivity contribution in [3.63, 3.8) is 0 Å². The van der Waals surface area contributed by atoms with E-state index in [1.54, 1.807) is 35.0 Å². The van der Waals surface area contributed by atoms with E-state index in [0.29, 0.717) is 60.3 Å². The van der Waals surface area contributed by atoms with Gasteiger partial charge in [-0.1, -0.05) is 6.07 Å². The first-order valence-electron chi connectivity index (χ1n) is 12.4. The zero-order chi connectivity index (χ0) is 27.4. The highest BCUT2D eigenvalue weighted by molar-refractivity contribution is 7.85. The second-order valence-electron chi connectivity index (χ2n) is 9.19. The molecule has 4 aromatic rings. The topological polar surface area (TPSA) is 150 Å². The number of quaternary nitrogens is 1. The summed E-state index contributed by atoms with van der Waals surface area (Å²) in [4.78, 5) is 12.8. The van der Waals surface area contributed by atoms with Gasteiger partial charge in [-0.15, -0.1) is 5.10 Å². The molecule has 0 saturated carbocycles. The quantitative estimate of drug-likeness (QED) is 0.150. The minimum absolute atomic E-state index is 0.154. The Hall–Kier alpha value is -3.56. The zero-order valence-electron chi connectivity index (χ0n) is 21.3. The molecular formula is C25H29FN8O4S. The van der Waals surface area contributed by atoms with Gasteiger partial charge in [-0.3, -0.25) is 9.19 Å². The van der Waals surface area contributed by atoms with E-state index in [4.69, 9.17) is 4.74 Å². The first-order valence-corrected chi connectivity index (χ1v) is 13.9. The number of aliphatic hydroxyl groups excluding tert-OH is 1. The monoisotopic (exact) mass is 556 g/mol. The number of hydroxylamine groups is 3. The number of nitrogens with zero attached hydrogens (tertiary/aromatic N) is 6. The minimum Gasteiger partial charge on any atom is -0.633 e. The predicted molar refractivity (Wildman–Crippen MR) is 144 cm³/mol. The summed E-state index contributed by atoms with van der Waals surface area (Å²) in [7, 11) is 0.607. The van der Waals surface area contributed by atoms with Crippen molar-refractivity contribution in [3.8, 4) is 17.4 Å². The maximum absolute atomic E-state index is 14.5. The number of hydrogen-bond acceptors (Lipinski definition) is 10. The molecule has 1 fully saturated rings. The van der Waals surface area contributed by atoms with Crippen LogP contribution in [-0.2, 0) is 10.8 Å². The van der Waals surface area contributed by atoms with Crippen molar-refractivity contribution in [2.75, 3.05) is 56.7 Å². The van der Waals surface area contributed by atoms with Gasteiger partial charge < -0.3 is 30.3 Å². The van der Waals surface area contributed by atoms with Crippen LogP contribution < -0.4 is 15.4 Å². The molecule has 1 aliphatic rings. The van der Waals surface area contributed by atoms with E-state index < -0.39 is 22.7 Å². The van der Waals surface area contributed by atoms with Crippen molar-refractivity contribution in [2.24, 2.45) is 0 Å². The molecule has 5 rings (SSSR count). The fourth-order valence-electron chi connectivity index (χ4n) is 4.38. The molecule has 12 nitrogen and oxygen atoms in total. The standard InChI is InChI=1S/C25H29FN8O4S/c1-38-22-4-2-3-20(29-22)24-31-25(30-19-5-7-27-15-18(19)26)23-17(6-9-33(23)32-24)21(35)16-28-8-10-34(36)11-13-39(37)14-12-34/h2-7,9,15,21,28,35H,8,10-14,16H2,1H3,(H,27,30,31,32). The number of methoxy groups -OCH3 is 1. The van der Waals surface area contributed by atoms with Crippen LogP contribution in [0.4, 0.5) is 15.9 Å². The third kappa shape index (κ3) is 6.20. The Morgan fingerprint density at radius 3 is 2.85 bits per heavy atom. The van der Waals surface area contributed by atoms with Crippen molar-refractivity contribution in [1.82, 2.24) is 29.9 Å². The largest absolute Gasteiger partial charge is 0.633 e. The fourth-order valence-corrected chi connectivity index (χ4v) is 5.65. The van der Waals surface area contributed by atoms with Gasteiger partial charge >= 0.3 is 0 Å². The van der Waals surface area contributed by atoms with Crippen molar-refractivity contribution in [2.45, 2.75) is 6.10 Å². The average molecular weight is 557 g/mol. The summed E-state index contributed by atoms with van der Waals surface area (Å²) >= 11 is 0. The van der Waals surface area contributed by atoms with Gasteiger partial charge in [-0.05, 0) is 18.2 Å². The van der Waals surface area contributed by atoms with Crippen LogP contribution in [0.1, 0.15) is 11.7 Å². The number of fused-ring (bicyclic) bond motifs is 1. The molecule has 5 heterocycles. The number of halogens is 1. The Morgan fingerprint density at radius 2 is 2.08 bits per heavy atom. The van der Waals surface area contributed by atoms with Gasteiger partial charge in [-0.25, -0.2) is 18.9 Å². The van der Waals surface area contributed by atoms with Crippen LogP contribution in [-0.4, -0.2) is 89.9 Å². The highest BCUT2D eigenvalue weighted by Crippen LogP contribution is 2.30. The molecule has 0 spiro atoms. The van der Waals surface area contributed by atoms with Gasteiger partial charge in [0.2, 0.25) is 11.7 Å². The molecule has 0 aliphatic carbocycles. The number of hydrogen-bond donors (Lipinski definition) is 3. The lowest BCUT2D eigenvalue weighted by Crippen LogP contribution is -2.53. The molecule has 1 atom stereocenters. The summed E-state index contributed by atoms with van der Waals surface area (Å²) in [5, 5.41) is 34.5. The van der Waals surface area contributed by atoms with Gasteiger partial charge in [-0.2, -0.15) is 0 Å². The number of rotatable bonds is 10. The number of anilines is 2. The first-order chi connectivity index (χ1) is 18.8. The number of aliphatic hydroxyl groups is 1. The van der Waals surface area contributed by atoms with Crippen molar-refractivity contribution in [3.05, 3.63) is 65.5 Å². The molecule has 1 aliphatic heterocycles. The van der Waals surface area contributed by atoms with Gasteiger partial charge in [0.05, 0.1) is 56.2 Å². The molecule has 39 heavy (non-hydrogen) atoms. The maximum Gasteiger partial charge on any atom is 0.213 e. The van der Waals surface area contributed by atoms with Gasteiger partial charge in [0.25, 0.3) is 0 Å². The summed E-state index contributed by atoms with van der Waals surface area (Å²) in [6, 6.07) is 8.39. The lowest BCUT2D eigenvalue weighted by molar-refractivity contribution is -0.875. The zero-order valence-corrected chi connectivity index (χ0v) is 22.1. The molecular weight excluding hydrogens is 527 g/mol. The van der Waals surface area contributed by atoms with Crippen LogP contribution in [0.5, 0.6) is 5.88 Å². The Kier molecular flexibility index (Phi) is 8.09. The molecule has 4 aromatic heterocycles. The molecule has 0 amide bonds. The second-order valence-corrected chi connectivity index (χ2v) is 10.9. The van der Waals surface area contributed by atoms with E-state index in [1.165, 1.54) is 19.4 Å². The fraction of sp³-hybridized carbons (Fsp3) is 0.360. The van der Waals surface area contributed by atoms with E-state index >= 15 is 0 Å². The highest BCUT2D eigenvalue weighted by Gasteiger charge is 2.25. The normalized spacial score (nSPS) is 20.2. The minimum atomic E-state index is -0.962. The van der Waals surface area contributed by atoms with Crippen LogP contribution in [0.2, 0.25) is 0 Å². The summed E-state index contributed by atoms with van der Waals surface area (Å²) in [5.74, 6) is 1.19. The summed E-state index contributed by atoms with van der Waals surface area (Å²) in [6.45, 7) is 1.57. The van der Waals surface area contributed by atoms with E-state index in [-0.39, 0.29) is 28.5 Å². The molecule has 0 bridgehead atoms. The van der Waals surface area contributed by atoms with Crippen LogP contribution in [0.25, 0.3) is 17.0 Å². The number of nitrogens with one attached hydrogen (secondary N) is 2. The third-order valence-corrected chi connectivity index (χ3v) is 7.85. The predicted octanol–water partition coefficient (Wildman–Crippen LogP) is 1.78. The van der Waals surface area contributed by atoms with Gasteiger partial charge in [0.1, 0.15) is 11.2 Å². The van der Waals surface area contributed by atoms with Gasteiger partial charge in [0, 0.05) is 47.9 Å². The molecule has 0 aromatic carbocycles. The van der Waals surface area contributed by atoms with Crippen LogP contribution in [0, 0.1) is 11.0 Å². The Balaban J connectivity index is 1.40. The highest BCUT2D eigenvalue weighted by atomic mass is 32.2. The number of ether oxygens (including phenoxy) is 1. The Labute approximate surface area is 226 Å². The van der Waals surface area contributed by atoms with E-state index in [2.05, 4.69) is 30.7 Å². The SMILES string of the molecule is COc1cccc(-c2nc(Nc3ccncc3F)c3c(C(O)CNCC[N+]4([O-])CCS(=O)CC4)ccn3n2)n1. The molecule has 3 N–H and O–H groups in total. The number of aromatic nitrogens is 5. The van der Waals surface area contributed by atoms with Crippen molar-refractivity contribution < 1.29 is 23.1 Å². The maximum atomic E-state index is 14.5. The summed E-state index contributed by atoms with van der Waals surface area (Å²) in [5.41, 5.74) is 1.58. The summed E-state index contributed by atoms with van der Waals surface area (Å²) < 4.78 is 32.4. The van der Waals surface area contributed by atoms with Crippen LogP contribution >= 0.6 is 0 Å². The van der Waals surface area contributed by atoms with E-state index in [0.717, 1.165) is 6.20 Å². The second kappa shape index (κ2) is 11.7. The van der Waals surface area contributed by atoms with E-state index in [9.17, 15) is 18.9 Å². The van der Waals surface area contributed by atoms with Crippen LogP contribution in [0.15, 0.2) is 48.9 Å². The molecule has 0 radical (unpaired) electrons. The lowest BCUT2D eigenvalue weighted by atomic mass is 10.1. The molecule has 1 saturated heterocycles. The average Bonchev–Trinajstić information content (AvgIpc) is 3.39. The molecule has 206 valence electrons. The number of pyridine rings is 2. The summed E-state index contributed by atoms with van der Waals surface area (Å²) in [6.07, 6.45) is 3.27. The smallest absolute Gasteiger partial charge is 0.213 e. The van der Waals surface area contributed by atoms with Gasteiger partial charge in [0.15, 0.2) is 11.6 Å². The van der Waals surface area contributed by atoms with Crippen molar-refractivity contribution in [1.29, 1.82) is 0 Å². The lowest BCUT2D eigenvalue weighted by Gasteiger charge is -2.45. The van der Waals surface area contributed by atoms with Crippen LogP contribution in [0.3, 0.4) is 0 Å². The first kappa shape index (κ1) is 27.0. The molecule has 14 heteroatoms. The van der Waals surface area contributed by atoms with E-state index in [1.807, 2.05) is 0 Å².